The zero-order chi connectivity index (χ0) is 14.9. The minimum atomic E-state index is 0.558. The van der Waals surface area contributed by atoms with E-state index in [0.717, 1.165) is 26.4 Å². The van der Waals surface area contributed by atoms with Crippen LogP contribution in [0.1, 0.15) is 0 Å². The molecule has 22 heavy (non-hydrogen) atoms. The van der Waals surface area contributed by atoms with Gasteiger partial charge in [0.05, 0.1) is 11.9 Å². The summed E-state index contributed by atoms with van der Waals surface area (Å²) in [6.45, 7) is 0. The van der Waals surface area contributed by atoms with E-state index in [1.165, 1.54) is 11.3 Å². The monoisotopic (exact) mass is 372 g/mol. The predicted molar refractivity (Wildman–Crippen MR) is 88.3 cm³/mol. The van der Waals surface area contributed by atoms with Gasteiger partial charge < -0.3 is 4.74 Å². The number of hydrogen-bond donors (Lipinski definition) is 0. The number of imidazole rings is 1. The smallest absolute Gasteiger partial charge is 0.299 e. The van der Waals surface area contributed by atoms with Crippen molar-refractivity contribution < 1.29 is 4.74 Å². The van der Waals surface area contributed by atoms with E-state index in [1.807, 2.05) is 42.6 Å². The number of ether oxygens (including phenoxy) is 1. The Morgan fingerprint density at radius 2 is 2.00 bits per heavy atom. The van der Waals surface area contributed by atoms with E-state index in [0.29, 0.717) is 5.19 Å². The first-order valence-electron chi connectivity index (χ1n) is 6.48. The average molecular weight is 373 g/mol. The van der Waals surface area contributed by atoms with Crippen LogP contribution in [0.2, 0.25) is 0 Å². The molecule has 5 nitrogen and oxygen atoms in total. The fourth-order valence-corrected chi connectivity index (χ4v) is 3.00. The van der Waals surface area contributed by atoms with Crippen molar-refractivity contribution in [2.45, 2.75) is 0 Å². The number of pyridine rings is 1. The molecule has 0 radical (unpaired) electrons. The molecule has 108 valence electrons. The average Bonchev–Trinajstić information content (AvgIpc) is 3.09. The summed E-state index contributed by atoms with van der Waals surface area (Å²) in [4.78, 5) is 9.44. The Labute approximate surface area is 138 Å². The Morgan fingerprint density at radius 3 is 2.73 bits per heavy atom. The minimum Gasteiger partial charge on any atom is -0.430 e. The zero-order valence-electron chi connectivity index (χ0n) is 11.2. The van der Waals surface area contributed by atoms with E-state index in [-0.39, 0.29) is 0 Å². The quantitative estimate of drug-likeness (QED) is 0.534. The first kappa shape index (κ1) is 13.4. The molecule has 1 aromatic carbocycles. The van der Waals surface area contributed by atoms with Crippen molar-refractivity contribution in [2.75, 3.05) is 0 Å². The number of benzene rings is 1. The third kappa shape index (κ3) is 2.60. The Kier molecular flexibility index (Phi) is 3.36. The summed E-state index contributed by atoms with van der Waals surface area (Å²) in [7, 11) is 0. The molecular weight excluding hydrogens is 364 g/mol. The summed E-state index contributed by atoms with van der Waals surface area (Å²) < 4.78 is 8.47. The second kappa shape index (κ2) is 5.51. The van der Waals surface area contributed by atoms with Crippen LogP contribution in [-0.4, -0.2) is 19.6 Å². The van der Waals surface area contributed by atoms with Crippen LogP contribution in [0.15, 0.2) is 59.5 Å². The van der Waals surface area contributed by atoms with Crippen LogP contribution in [-0.2, 0) is 0 Å². The highest BCUT2D eigenvalue weighted by molar-refractivity contribution is 9.10. The van der Waals surface area contributed by atoms with Crippen molar-refractivity contribution in [3.05, 3.63) is 59.5 Å². The van der Waals surface area contributed by atoms with Crippen molar-refractivity contribution in [2.24, 2.45) is 0 Å². The summed E-state index contributed by atoms with van der Waals surface area (Å²) in [5.74, 6) is 0.743. The van der Waals surface area contributed by atoms with Gasteiger partial charge in [-0.25, -0.2) is 9.50 Å². The van der Waals surface area contributed by atoms with Gasteiger partial charge in [0.15, 0.2) is 0 Å². The molecular formula is C15H9BrN4OS. The van der Waals surface area contributed by atoms with E-state index >= 15 is 0 Å². The number of nitrogens with zero attached hydrogens (tertiary/aromatic N) is 4. The summed E-state index contributed by atoms with van der Waals surface area (Å²) in [5.41, 5.74) is 1.82. The van der Waals surface area contributed by atoms with Gasteiger partial charge in [0.25, 0.3) is 5.19 Å². The third-order valence-corrected chi connectivity index (χ3v) is 4.33. The molecule has 4 aromatic rings. The molecule has 0 saturated carbocycles. The Bertz CT molecular complexity index is 886. The zero-order valence-corrected chi connectivity index (χ0v) is 13.6. The molecule has 0 bridgehead atoms. The maximum absolute atomic E-state index is 5.74. The van der Waals surface area contributed by atoms with Gasteiger partial charge in [-0.3, -0.25) is 4.98 Å². The van der Waals surface area contributed by atoms with Gasteiger partial charge >= 0.3 is 0 Å². The van der Waals surface area contributed by atoms with Gasteiger partial charge in [0.1, 0.15) is 5.75 Å². The van der Waals surface area contributed by atoms with Crippen LogP contribution in [0, 0.1) is 0 Å². The molecule has 0 amide bonds. The predicted octanol–water partition coefficient (Wildman–Crippen LogP) is 4.41. The first-order valence-corrected chi connectivity index (χ1v) is 8.09. The number of hydrogen-bond acceptors (Lipinski definition) is 5. The van der Waals surface area contributed by atoms with Gasteiger partial charge in [0.2, 0.25) is 4.96 Å². The maximum atomic E-state index is 5.74. The van der Waals surface area contributed by atoms with Gasteiger partial charge in [-0.05, 0) is 47.7 Å². The van der Waals surface area contributed by atoms with Crippen LogP contribution in [0.5, 0.6) is 10.9 Å². The molecule has 0 spiro atoms. The van der Waals surface area contributed by atoms with Crippen LogP contribution >= 0.6 is 27.3 Å². The summed E-state index contributed by atoms with van der Waals surface area (Å²) >= 11 is 4.79. The van der Waals surface area contributed by atoms with Gasteiger partial charge in [-0.15, -0.1) is 5.10 Å². The molecule has 0 N–H and O–H groups in total. The first-order chi connectivity index (χ1) is 10.8. The standard InChI is InChI=1S/C15H9BrN4OS/c16-11-3-5-12(6-4-11)21-15-19-20-9-13(18-14(20)22-15)10-2-1-7-17-8-10/h1-9H. The van der Waals surface area contributed by atoms with E-state index in [9.17, 15) is 0 Å². The molecule has 0 fully saturated rings. The third-order valence-electron chi connectivity index (χ3n) is 3.00. The van der Waals surface area contributed by atoms with Crippen molar-refractivity contribution in [3.8, 4) is 22.2 Å². The lowest BCUT2D eigenvalue weighted by Gasteiger charge is -2.00. The molecule has 0 aliphatic heterocycles. The second-order valence-corrected chi connectivity index (χ2v) is 6.35. The maximum Gasteiger partial charge on any atom is 0.299 e. The fraction of sp³-hybridized carbons (Fsp3) is 0. The molecule has 0 unspecified atom stereocenters. The normalized spacial score (nSPS) is 11.0. The van der Waals surface area contributed by atoms with Crippen LogP contribution in [0.4, 0.5) is 0 Å². The molecule has 0 aliphatic rings. The molecule has 3 aromatic heterocycles. The van der Waals surface area contributed by atoms with Crippen LogP contribution in [0.3, 0.4) is 0 Å². The van der Waals surface area contributed by atoms with Crippen LogP contribution < -0.4 is 4.74 Å². The van der Waals surface area contributed by atoms with E-state index < -0.39 is 0 Å². The van der Waals surface area contributed by atoms with E-state index in [2.05, 4.69) is 31.0 Å². The molecule has 7 heteroatoms. The lowest BCUT2D eigenvalue weighted by Crippen LogP contribution is -1.85. The van der Waals surface area contributed by atoms with Crippen molar-refractivity contribution >= 4 is 32.2 Å². The lowest BCUT2D eigenvalue weighted by molar-refractivity contribution is 0.470. The lowest BCUT2D eigenvalue weighted by atomic mass is 10.2. The largest absolute Gasteiger partial charge is 0.430 e. The van der Waals surface area contributed by atoms with Gasteiger partial charge in [-0.1, -0.05) is 15.9 Å². The summed E-state index contributed by atoms with van der Waals surface area (Å²) in [6.07, 6.45) is 5.40. The molecule has 0 atom stereocenters. The fourth-order valence-electron chi connectivity index (χ4n) is 1.98. The molecule has 3 heterocycles. The van der Waals surface area contributed by atoms with E-state index in [4.69, 9.17) is 4.74 Å². The molecule has 4 rings (SSSR count). The highest BCUT2D eigenvalue weighted by Crippen LogP contribution is 2.29. The van der Waals surface area contributed by atoms with Crippen LogP contribution in [0.25, 0.3) is 16.2 Å². The minimum absolute atomic E-state index is 0.558. The number of fused-ring (bicyclic) bond motifs is 1. The van der Waals surface area contributed by atoms with Gasteiger partial charge in [-0.2, -0.15) is 0 Å². The van der Waals surface area contributed by atoms with Crippen molar-refractivity contribution in [3.63, 3.8) is 0 Å². The topological polar surface area (TPSA) is 52.3 Å². The Balaban J connectivity index is 1.62. The Morgan fingerprint density at radius 1 is 1.14 bits per heavy atom. The van der Waals surface area contributed by atoms with Crippen molar-refractivity contribution in [1.82, 2.24) is 19.6 Å². The second-order valence-electron chi connectivity index (χ2n) is 4.52. The number of halogens is 1. The number of rotatable bonds is 3. The molecule has 0 aliphatic carbocycles. The molecule has 0 saturated heterocycles. The SMILES string of the molecule is Brc1ccc(Oc2nn3cc(-c4cccnc4)nc3s2)cc1. The Hall–Kier alpha value is -2.25. The summed E-state index contributed by atoms with van der Waals surface area (Å²) in [5, 5.41) is 4.95. The number of aromatic nitrogens is 4. The van der Waals surface area contributed by atoms with Gasteiger partial charge in [0, 0.05) is 22.4 Å². The van der Waals surface area contributed by atoms with Crippen molar-refractivity contribution in [1.29, 1.82) is 0 Å². The summed E-state index contributed by atoms with van der Waals surface area (Å²) in [6, 6.07) is 11.5. The highest BCUT2D eigenvalue weighted by atomic mass is 79.9. The van der Waals surface area contributed by atoms with E-state index in [1.54, 1.807) is 16.9 Å². The highest BCUT2D eigenvalue weighted by Gasteiger charge is 2.11.